The van der Waals surface area contributed by atoms with Crippen LogP contribution < -0.4 is 16.4 Å². The highest BCUT2D eigenvalue weighted by Gasteiger charge is 2.30. The van der Waals surface area contributed by atoms with Crippen molar-refractivity contribution in [2.45, 2.75) is 57.5 Å². The van der Waals surface area contributed by atoms with Gasteiger partial charge in [0.1, 0.15) is 0 Å². The Balaban J connectivity index is 0. The molecule has 1 aliphatic carbocycles. The lowest BCUT2D eigenvalue weighted by Gasteiger charge is -2.36. The van der Waals surface area contributed by atoms with E-state index in [4.69, 9.17) is 11.5 Å². The van der Waals surface area contributed by atoms with Gasteiger partial charge in [0.15, 0.2) is 0 Å². The highest BCUT2D eigenvalue weighted by molar-refractivity contribution is 5.86. The van der Waals surface area contributed by atoms with E-state index in [0.29, 0.717) is 6.04 Å². The number of rotatable bonds is 5. The molecule has 0 atom stereocenters. The van der Waals surface area contributed by atoms with Crippen LogP contribution in [0.15, 0.2) is 24.3 Å². The molecule has 0 aliphatic heterocycles. The van der Waals surface area contributed by atoms with Gasteiger partial charge in [-0.2, -0.15) is 0 Å². The predicted molar refractivity (Wildman–Crippen MR) is 109 cm³/mol. The Morgan fingerprint density at radius 1 is 1.00 bits per heavy atom. The van der Waals surface area contributed by atoms with Crippen molar-refractivity contribution in [3.63, 3.8) is 0 Å². The summed E-state index contributed by atoms with van der Waals surface area (Å²) in [5.74, 6) is 0. The van der Waals surface area contributed by atoms with Crippen LogP contribution in [0, 0.1) is 0 Å². The first-order valence-electron chi connectivity index (χ1n) is 7.94. The average molecular weight is 385 g/mol. The van der Waals surface area contributed by atoms with Gasteiger partial charge in [-0.15, -0.1) is 37.2 Å². The van der Waals surface area contributed by atoms with Crippen LogP contribution in [0.5, 0.6) is 0 Å². The van der Waals surface area contributed by atoms with Gasteiger partial charge in [0.2, 0.25) is 0 Å². The highest BCUT2D eigenvalue weighted by atomic mass is 35.5. The molecule has 0 spiro atoms. The molecule has 0 radical (unpaired) electrons. The number of halogens is 3. The molecule has 1 saturated carbocycles. The zero-order chi connectivity index (χ0) is 14.6. The molecule has 0 saturated heterocycles. The van der Waals surface area contributed by atoms with Gasteiger partial charge in [-0.3, -0.25) is 0 Å². The lowest BCUT2D eigenvalue weighted by molar-refractivity contribution is 0.271. The molecule has 4 N–H and O–H groups in total. The third-order valence-corrected chi connectivity index (χ3v) is 4.65. The van der Waals surface area contributed by atoms with E-state index in [1.54, 1.807) is 0 Å². The molecule has 1 aromatic rings. The van der Waals surface area contributed by atoms with E-state index < -0.39 is 0 Å². The van der Waals surface area contributed by atoms with E-state index in [1.165, 1.54) is 11.3 Å². The molecule has 3 nitrogen and oxygen atoms in total. The quantitative estimate of drug-likeness (QED) is 0.808. The third kappa shape index (κ3) is 7.06. The predicted octanol–water partition coefficient (Wildman–Crippen LogP) is 3.94. The van der Waals surface area contributed by atoms with Gasteiger partial charge in [0, 0.05) is 30.4 Å². The fraction of sp³-hybridized carbons (Fsp3) is 0.647. The minimum atomic E-state index is -0.0490. The fourth-order valence-electron chi connectivity index (χ4n) is 3.21. The smallest absolute Gasteiger partial charge is 0.0366 e. The van der Waals surface area contributed by atoms with Gasteiger partial charge < -0.3 is 16.4 Å². The summed E-state index contributed by atoms with van der Waals surface area (Å²) in [5, 5.41) is 0. The van der Waals surface area contributed by atoms with Crippen molar-refractivity contribution in [1.82, 2.24) is 0 Å². The van der Waals surface area contributed by atoms with Crippen LogP contribution in [0.25, 0.3) is 0 Å². The van der Waals surface area contributed by atoms with Gasteiger partial charge in [-0.25, -0.2) is 0 Å². The second-order valence-corrected chi connectivity index (χ2v) is 6.22. The van der Waals surface area contributed by atoms with Crippen molar-refractivity contribution < 1.29 is 0 Å². The Morgan fingerprint density at radius 2 is 1.48 bits per heavy atom. The van der Waals surface area contributed by atoms with Gasteiger partial charge in [-0.1, -0.05) is 12.1 Å². The van der Waals surface area contributed by atoms with E-state index in [-0.39, 0.29) is 42.8 Å². The standard InChI is InChI=1S/C17H29N3.3ClH/c1-3-20(4-2)16-7-5-14(6-8-16)13-17(19)11-9-15(18)10-12-17;;;/h5-8,15H,3-4,9-13,18-19H2,1-2H3;3*1H. The molecule has 0 unspecified atom stereocenters. The number of anilines is 1. The van der Waals surface area contributed by atoms with E-state index in [9.17, 15) is 0 Å². The van der Waals surface area contributed by atoms with Gasteiger partial charge in [0.25, 0.3) is 0 Å². The molecular weight excluding hydrogens is 353 g/mol. The Labute approximate surface area is 159 Å². The summed E-state index contributed by atoms with van der Waals surface area (Å²) >= 11 is 0. The first kappa shape index (κ1) is 25.1. The highest BCUT2D eigenvalue weighted by Crippen LogP contribution is 2.29. The van der Waals surface area contributed by atoms with E-state index in [2.05, 4.69) is 43.0 Å². The molecular formula is C17H32Cl3N3. The Bertz CT molecular complexity index is 414. The minimum absolute atomic E-state index is 0. The fourth-order valence-corrected chi connectivity index (χ4v) is 3.21. The largest absolute Gasteiger partial charge is 0.372 e. The maximum atomic E-state index is 6.54. The molecule has 0 bridgehead atoms. The number of hydrogen-bond acceptors (Lipinski definition) is 3. The molecule has 1 aromatic carbocycles. The van der Waals surface area contributed by atoms with Crippen LogP contribution in [0.2, 0.25) is 0 Å². The van der Waals surface area contributed by atoms with Crippen LogP contribution >= 0.6 is 37.2 Å². The molecule has 1 aliphatic rings. The van der Waals surface area contributed by atoms with Gasteiger partial charge in [-0.05, 0) is 63.6 Å². The first-order valence-corrected chi connectivity index (χ1v) is 7.94. The number of nitrogens with zero attached hydrogens (tertiary/aromatic N) is 1. The summed E-state index contributed by atoms with van der Waals surface area (Å²) in [6.45, 7) is 6.48. The molecule has 0 amide bonds. The maximum absolute atomic E-state index is 6.54. The summed E-state index contributed by atoms with van der Waals surface area (Å²) in [6.07, 6.45) is 5.19. The SMILES string of the molecule is CCN(CC)c1ccc(CC2(N)CCC(N)CC2)cc1.Cl.Cl.Cl. The van der Waals surface area contributed by atoms with E-state index in [0.717, 1.165) is 45.2 Å². The van der Waals surface area contributed by atoms with Crippen molar-refractivity contribution in [2.24, 2.45) is 11.5 Å². The van der Waals surface area contributed by atoms with Gasteiger partial charge >= 0.3 is 0 Å². The normalized spacial score (nSPS) is 23.0. The van der Waals surface area contributed by atoms with Crippen LogP contribution in [-0.4, -0.2) is 24.7 Å². The molecule has 0 aromatic heterocycles. The zero-order valence-corrected chi connectivity index (χ0v) is 16.6. The monoisotopic (exact) mass is 383 g/mol. The van der Waals surface area contributed by atoms with Crippen molar-refractivity contribution in [3.8, 4) is 0 Å². The Hall–Kier alpha value is -0.190. The summed E-state index contributed by atoms with van der Waals surface area (Å²) in [7, 11) is 0. The maximum Gasteiger partial charge on any atom is 0.0366 e. The first-order chi connectivity index (χ1) is 9.56. The van der Waals surface area contributed by atoms with Crippen molar-refractivity contribution in [1.29, 1.82) is 0 Å². The zero-order valence-electron chi connectivity index (χ0n) is 14.2. The van der Waals surface area contributed by atoms with Gasteiger partial charge in [0.05, 0.1) is 0 Å². The number of benzene rings is 1. The summed E-state index contributed by atoms with van der Waals surface area (Å²) in [5.41, 5.74) is 15.1. The number of hydrogen-bond donors (Lipinski definition) is 2. The molecule has 2 rings (SSSR count). The molecule has 0 heterocycles. The van der Waals surface area contributed by atoms with Crippen molar-refractivity contribution in [2.75, 3.05) is 18.0 Å². The second kappa shape index (κ2) is 11.4. The Morgan fingerprint density at radius 3 is 1.91 bits per heavy atom. The summed E-state index contributed by atoms with van der Waals surface area (Å²) in [6, 6.07) is 9.27. The van der Waals surface area contributed by atoms with Crippen LogP contribution in [-0.2, 0) is 6.42 Å². The Kier molecular flexibility index (Phi) is 12.4. The van der Waals surface area contributed by atoms with E-state index >= 15 is 0 Å². The van der Waals surface area contributed by atoms with Crippen LogP contribution in [0.3, 0.4) is 0 Å². The van der Waals surface area contributed by atoms with Crippen LogP contribution in [0.4, 0.5) is 5.69 Å². The summed E-state index contributed by atoms with van der Waals surface area (Å²) in [4.78, 5) is 2.36. The lowest BCUT2D eigenvalue weighted by atomic mass is 9.77. The molecule has 136 valence electrons. The van der Waals surface area contributed by atoms with Crippen molar-refractivity contribution in [3.05, 3.63) is 29.8 Å². The third-order valence-electron chi connectivity index (χ3n) is 4.65. The topological polar surface area (TPSA) is 55.3 Å². The summed E-state index contributed by atoms with van der Waals surface area (Å²) < 4.78 is 0. The lowest BCUT2D eigenvalue weighted by Crippen LogP contribution is -2.47. The van der Waals surface area contributed by atoms with E-state index in [1.807, 2.05) is 0 Å². The molecule has 23 heavy (non-hydrogen) atoms. The minimum Gasteiger partial charge on any atom is -0.372 e. The molecule has 6 heteroatoms. The van der Waals surface area contributed by atoms with Crippen LogP contribution in [0.1, 0.15) is 45.1 Å². The van der Waals surface area contributed by atoms with Crippen molar-refractivity contribution >= 4 is 42.9 Å². The molecule has 1 fully saturated rings. The second-order valence-electron chi connectivity index (χ2n) is 6.22. The average Bonchev–Trinajstić information content (AvgIpc) is 2.46. The number of nitrogens with two attached hydrogens (primary N) is 2.